The molecule has 0 N–H and O–H groups in total. The van der Waals surface area contributed by atoms with Crippen LogP contribution in [0, 0.1) is 0 Å². The molecule has 2 bridgehead atoms. The smallest absolute Gasteiger partial charge is 0.311 e. The van der Waals surface area contributed by atoms with Gasteiger partial charge in [-0.1, -0.05) is 60.9 Å². The number of piperidine rings is 1. The molecule has 1 saturated carbocycles. The van der Waals surface area contributed by atoms with E-state index in [2.05, 4.69) is 10.2 Å². The van der Waals surface area contributed by atoms with E-state index in [1.165, 1.54) is 37.1 Å². The van der Waals surface area contributed by atoms with Crippen LogP contribution in [-0.2, 0) is 11.4 Å². The van der Waals surface area contributed by atoms with E-state index in [-0.39, 0.29) is 18.1 Å². The third kappa shape index (κ3) is 3.42. The van der Waals surface area contributed by atoms with Gasteiger partial charge in [-0.25, -0.2) is 4.79 Å². The van der Waals surface area contributed by atoms with Crippen LogP contribution in [0.5, 0.6) is 0 Å². The Balaban J connectivity index is 1.26. The third-order valence-corrected chi connectivity index (χ3v) is 7.42. The first-order chi connectivity index (χ1) is 13.8. The number of hydrogen-bond donors (Lipinski definition) is 0. The van der Waals surface area contributed by atoms with Crippen LogP contribution in [0.2, 0.25) is 0 Å². The van der Waals surface area contributed by atoms with Gasteiger partial charge in [0.15, 0.2) is 0 Å². The molecule has 2 atom stereocenters. The molecule has 2 aromatic rings. The number of urea groups is 1. The molecule has 0 spiro atoms. The molecule has 6 nitrogen and oxygen atoms in total. The summed E-state index contributed by atoms with van der Waals surface area (Å²) in [6, 6.07) is 10.1. The number of benzene rings is 1. The van der Waals surface area contributed by atoms with E-state index in [0.29, 0.717) is 12.5 Å². The molecule has 2 saturated heterocycles. The predicted molar refractivity (Wildman–Crippen MR) is 107 cm³/mol. The summed E-state index contributed by atoms with van der Waals surface area (Å²) in [7, 11) is 0. The van der Waals surface area contributed by atoms with Crippen molar-refractivity contribution in [1.82, 2.24) is 20.2 Å². The Hall–Kier alpha value is -1.99. The van der Waals surface area contributed by atoms with E-state index in [1.807, 2.05) is 35.2 Å². The molecular formula is C21H26N4O2S. The first kappa shape index (κ1) is 18.1. The number of hydroxylamine groups is 2. The maximum Gasteiger partial charge on any atom is 0.344 e. The number of aromatic nitrogens is 2. The van der Waals surface area contributed by atoms with Crippen molar-refractivity contribution in [1.29, 1.82) is 0 Å². The van der Waals surface area contributed by atoms with Gasteiger partial charge in [0, 0.05) is 12.5 Å². The Morgan fingerprint density at radius 2 is 1.79 bits per heavy atom. The average Bonchev–Trinajstić information content (AvgIpc) is 3.33. The summed E-state index contributed by atoms with van der Waals surface area (Å²) < 4.78 is 0. The Morgan fingerprint density at radius 3 is 2.61 bits per heavy atom. The minimum Gasteiger partial charge on any atom is -0.311 e. The second kappa shape index (κ2) is 7.79. The van der Waals surface area contributed by atoms with Crippen molar-refractivity contribution in [2.45, 2.75) is 69.6 Å². The minimum atomic E-state index is -0.0298. The lowest BCUT2D eigenvalue weighted by Crippen LogP contribution is -2.33. The summed E-state index contributed by atoms with van der Waals surface area (Å²) >= 11 is 1.72. The zero-order valence-electron chi connectivity index (χ0n) is 16.0. The number of hydrogen-bond acceptors (Lipinski definition) is 5. The van der Waals surface area contributed by atoms with Crippen LogP contribution < -0.4 is 0 Å². The van der Waals surface area contributed by atoms with Gasteiger partial charge in [0.1, 0.15) is 16.6 Å². The van der Waals surface area contributed by atoms with Crippen molar-refractivity contribution in [3.05, 3.63) is 45.9 Å². The average molecular weight is 399 g/mol. The monoisotopic (exact) mass is 398 g/mol. The fourth-order valence-electron chi connectivity index (χ4n) is 4.67. The molecule has 0 unspecified atom stereocenters. The van der Waals surface area contributed by atoms with E-state index >= 15 is 0 Å². The number of nitrogens with zero attached hydrogens (tertiary/aromatic N) is 4. The van der Waals surface area contributed by atoms with Crippen molar-refractivity contribution >= 4 is 17.4 Å². The molecule has 3 fully saturated rings. The zero-order chi connectivity index (χ0) is 18.9. The van der Waals surface area contributed by atoms with Gasteiger partial charge in [-0.2, -0.15) is 5.06 Å². The molecule has 2 aliphatic heterocycles. The highest BCUT2D eigenvalue weighted by Gasteiger charge is 2.47. The molecule has 1 aliphatic carbocycles. The van der Waals surface area contributed by atoms with Gasteiger partial charge >= 0.3 is 6.03 Å². The molecule has 7 heteroatoms. The number of carbonyl (C=O) groups excluding carboxylic acids is 1. The Morgan fingerprint density at radius 1 is 1.00 bits per heavy atom. The Labute approximate surface area is 169 Å². The van der Waals surface area contributed by atoms with Crippen molar-refractivity contribution in [3.8, 4) is 0 Å². The largest absolute Gasteiger partial charge is 0.344 e. The summed E-state index contributed by atoms with van der Waals surface area (Å²) in [4.78, 5) is 20.8. The fourth-order valence-corrected chi connectivity index (χ4v) is 5.83. The molecule has 1 aromatic carbocycles. The number of carbonyl (C=O) groups is 1. The quantitative estimate of drug-likeness (QED) is 0.735. The SMILES string of the molecule is O=C1N2C[C@@H](CC[C@H]2c2nnc(C3CCCCC3)s2)N1OCc1ccccc1. The second-order valence-corrected chi connectivity index (χ2v) is 9.12. The van der Waals surface area contributed by atoms with Gasteiger partial charge in [-0.3, -0.25) is 4.84 Å². The normalized spacial score (nSPS) is 25.5. The van der Waals surface area contributed by atoms with Crippen LogP contribution in [0.15, 0.2) is 30.3 Å². The second-order valence-electron chi connectivity index (χ2n) is 8.08. The maximum atomic E-state index is 13.0. The van der Waals surface area contributed by atoms with Crippen LogP contribution in [-0.4, -0.2) is 38.8 Å². The number of rotatable bonds is 5. The molecule has 2 amide bonds. The summed E-state index contributed by atoms with van der Waals surface area (Å²) in [6.07, 6.45) is 8.26. The molecule has 5 rings (SSSR count). The number of amides is 2. The van der Waals surface area contributed by atoms with Crippen LogP contribution in [0.1, 0.15) is 72.5 Å². The highest BCUT2D eigenvalue weighted by Crippen LogP contribution is 2.41. The Kier molecular flexibility index (Phi) is 5.03. The van der Waals surface area contributed by atoms with Crippen molar-refractivity contribution in [3.63, 3.8) is 0 Å². The van der Waals surface area contributed by atoms with E-state index in [1.54, 1.807) is 16.4 Å². The Bertz CT molecular complexity index is 821. The summed E-state index contributed by atoms with van der Waals surface area (Å²) in [5.74, 6) is 0.566. The van der Waals surface area contributed by atoms with E-state index in [0.717, 1.165) is 30.0 Å². The van der Waals surface area contributed by atoms with Gasteiger partial charge in [-0.05, 0) is 31.2 Å². The predicted octanol–water partition coefficient (Wildman–Crippen LogP) is 4.66. The minimum absolute atomic E-state index is 0.0298. The first-order valence-electron chi connectivity index (χ1n) is 10.4. The third-order valence-electron chi connectivity index (χ3n) is 6.23. The van der Waals surface area contributed by atoms with Crippen LogP contribution in [0.4, 0.5) is 4.79 Å². The summed E-state index contributed by atoms with van der Waals surface area (Å²) in [5, 5.41) is 12.8. The topological polar surface area (TPSA) is 58.6 Å². The highest BCUT2D eigenvalue weighted by molar-refractivity contribution is 7.11. The molecule has 28 heavy (non-hydrogen) atoms. The van der Waals surface area contributed by atoms with E-state index in [9.17, 15) is 4.79 Å². The van der Waals surface area contributed by atoms with Gasteiger partial charge < -0.3 is 4.90 Å². The highest BCUT2D eigenvalue weighted by atomic mass is 32.1. The molecular weight excluding hydrogens is 372 g/mol. The maximum absolute atomic E-state index is 13.0. The molecule has 148 valence electrons. The van der Waals surface area contributed by atoms with Crippen LogP contribution >= 0.6 is 11.3 Å². The fraction of sp³-hybridized carbons (Fsp3) is 0.571. The van der Waals surface area contributed by atoms with Crippen molar-refractivity contribution in [2.24, 2.45) is 0 Å². The van der Waals surface area contributed by atoms with Crippen LogP contribution in [0.3, 0.4) is 0 Å². The zero-order valence-corrected chi connectivity index (χ0v) is 16.8. The first-order valence-corrected chi connectivity index (χ1v) is 11.2. The lowest BCUT2D eigenvalue weighted by Gasteiger charge is -2.28. The van der Waals surface area contributed by atoms with Crippen LogP contribution in [0.25, 0.3) is 0 Å². The molecule has 0 radical (unpaired) electrons. The van der Waals surface area contributed by atoms with Gasteiger partial charge in [0.25, 0.3) is 0 Å². The lowest BCUT2D eigenvalue weighted by atomic mass is 9.90. The van der Waals surface area contributed by atoms with E-state index in [4.69, 9.17) is 4.84 Å². The lowest BCUT2D eigenvalue weighted by molar-refractivity contribution is -0.140. The van der Waals surface area contributed by atoms with Gasteiger partial charge in [-0.15, -0.1) is 10.2 Å². The molecule has 1 aromatic heterocycles. The van der Waals surface area contributed by atoms with Gasteiger partial charge in [0.2, 0.25) is 0 Å². The summed E-state index contributed by atoms with van der Waals surface area (Å²) in [6.45, 7) is 1.14. The standard InChI is InChI=1S/C21H26N4O2S/c26-21-24-13-17(25(21)27-14-15-7-3-1-4-8-15)11-12-18(24)20-23-22-19(28-20)16-9-5-2-6-10-16/h1,3-4,7-8,16-18H,2,5-6,9-14H2/t17-,18+/m1/s1. The van der Waals surface area contributed by atoms with E-state index < -0.39 is 0 Å². The number of fused-ring (bicyclic) bond motifs is 2. The molecule has 3 aliphatic rings. The van der Waals surface area contributed by atoms with Crippen molar-refractivity contribution < 1.29 is 9.63 Å². The van der Waals surface area contributed by atoms with Crippen molar-refractivity contribution in [2.75, 3.05) is 6.54 Å². The summed E-state index contributed by atoms with van der Waals surface area (Å²) in [5.41, 5.74) is 1.07. The molecule has 3 heterocycles. The van der Waals surface area contributed by atoms with Gasteiger partial charge in [0.05, 0.1) is 12.1 Å².